The summed E-state index contributed by atoms with van der Waals surface area (Å²) in [5, 5.41) is 35.1. The zero-order valence-corrected chi connectivity index (χ0v) is 12.1. The number of rotatable bonds is 1. The Bertz CT molecular complexity index is 1100. The van der Waals surface area contributed by atoms with Crippen molar-refractivity contribution >= 4 is 0 Å². The summed E-state index contributed by atoms with van der Waals surface area (Å²) in [7, 11) is 0. The summed E-state index contributed by atoms with van der Waals surface area (Å²) >= 11 is 0. The molecule has 10 heteroatoms. The first-order valence-corrected chi connectivity index (χ1v) is 6.28. The van der Waals surface area contributed by atoms with Crippen LogP contribution >= 0.6 is 0 Å². The van der Waals surface area contributed by atoms with E-state index in [1.165, 1.54) is 0 Å². The van der Waals surface area contributed by atoms with Gasteiger partial charge in [0.25, 0.3) is 0 Å². The lowest BCUT2D eigenvalue weighted by molar-refractivity contribution is 0.489. The van der Waals surface area contributed by atoms with Crippen molar-refractivity contribution in [1.82, 2.24) is 0 Å². The molecule has 0 aliphatic rings. The molecule has 0 aliphatic carbocycles. The Morgan fingerprint density at radius 3 is 1.12 bits per heavy atom. The minimum atomic E-state index is -2.18. The number of hydrogen-bond acceptors (Lipinski definition) is 4. The molecule has 0 radical (unpaired) electrons. The molecule has 0 spiro atoms. The molecule has 126 valence electrons. The van der Waals surface area contributed by atoms with E-state index in [2.05, 4.69) is 0 Å². The second-order valence-corrected chi connectivity index (χ2v) is 4.58. The summed E-state index contributed by atoms with van der Waals surface area (Å²) in [4.78, 5) is 0. The molecule has 0 N–H and O–H groups in total. The van der Waals surface area contributed by atoms with Gasteiger partial charge < -0.3 is 0 Å². The first-order valence-electron chi connectivity index (χ1n) is 6.28. The van der Waals surface area contributed by atoms with Crippen LogP contribution in [0.15, 0.2) is 0 Å². The van der Waals surface area contributed by atoms with Crippen LogP contribution in [0, 0.1) is 80.2 Å². The van der Waals surface area contributed by atoms with Gasteiger partial charge in [-0.2, -0.15) is 21.0 Å². The van der Waals surface area contributed by atoms with Crippen molar-refractivity contribution in [2.75, 3.05) is 0 Å². The Labute approximate surface area is 141 Å². The highest BCUT2D eigenvalue weighted by Gasteiger charge is 2.33. The Morgan fingerprint density at radius 2 is 0.731 bits per heavy atom. The summed E-state index contributed by atoms with van der Waals surface area (Å²) in [5.74, 6) is -12.3. The smallest absolute Gasteiger partial charge is 0.180 e. The van der Waals surface area contributed by atoms with Crippen molar-refractivity contribution in [3.63, 3.8) is 0 Å². The predicted octanol–water partition coefficient (Wildman–Crippen LogP) is 3.67. The van der Waals surface area contributed by atoms with E-state index >= 15 is 0 Å². The van der Waals surface area contributed by atoms with Gasteiger partial charge in [-0.25, -0.2) is 26.3 Å². The maximum atomic E-state index is 14.3. The highest BCUT2D eigenvalue weighted by molar-refractivity contribution is 5.76. The van der Waals surface area contributed by atoms with Gasteiger partial charge in [0.1, 0.15) is 46.5 Å². The molecule has 0 aliphatic heterocycles. The lowest BCUT2D eigenvalue weighted by Gasteiger charge is -2.13. The predicted molar refractivity (Wildman–Crippen MR) is 70.5 cm³/mol. The molecule has 0 amide bonds. The maximum absolute atomic E-state index is 14.3. The van der Waals surface area contributed by atoms with E-state index in [0.717, 1.165) is 24.3 Å². The van der Waals surface area contributed by atoms with E-state index in [0.29, 0.717) is 0 Å². The highest BCUT2D eigenvalue weighted by Crippen LogP contribution is 2.38. The molecular formula is C16F6N4. The Hall–Kier alpha value is -4.02. The van der Waals surface area contributed by atoms with Gasteiger partial charge in [0.2, 0.25) is 0 Å². The number of hydrogen-bond donors (Lipinski definition) is 0. The van der Waals surface area contributed by atoms with E-state index < -0.39 is 68.3 Å². The van der Waals surface area contributed by atoms with E-state index in [9.17, 15) is 26.3 Å². The first kappa shape index (κ1) is 18.3. The summed E-state index contributed by atoms with van der Waals surface area (Å²) in [5.41, 5.74) is -9.33. The molecule has 0 heterocycles. The summed E-state index contributed by atoms with van der Waals surface area (Å²) < 4.78 is 84.6. The summed E-state index contributed by atoms with van der Waals surface area (Å²) in [6.45, 7) is 0. The van der Waals surface area contributed by atoms with E-state index in [1.54, 1.807) is 0 Å². The molecule has 4 nitrogen and oxygen atoms in total. The second-order valence-electron chi connectivity index (χ2n) is 4.58. The van der Waals surface area contributed by atoms with E-state index in [-0.39, 0.29) is 0 Å². The fourth-order valence-electron chi connectivity index (χ4n) is 2.18. The van der Waals surface area contributed by atoms with Gasteiger partial charge in [0.05, 0.1) is 5.56 Å². The number of nitriles is 4. The standard InChI is InChI=1S/C16F6N4/c17-11-5(1-23)9(16(22)15(21)8(11)4-26)10-13(19)6(2-24)12(18)7(3-25)14(10)20. The molecule has 0 atom stereocenters. The molecule has 0 unspecified atom stereocenters. The van der Waals surface area contributed by atoms with Crippen LogP contribution in [-0.2, 0) is 0 Å². The normalized spacial score (nSPS) is 9.77. The topological polar surface area (TPSA) is 95.2 Å². The van der Waals surface area contributed by atoms with Gasteiger partial charge in [-0.1, -0.05) is 0 Å². The Balaban J connectivity index is 3.21. The third-order valence-corrected chi connectivity index (χ3v) is 3.33. The molecule has 0 saturated carbocycles. The van der Waals surface area contributed by atoms with Crippen LogP contribution in [0.2, 0.25) is 0 Å². The van der Waals surface area contributed by atoms with Crippen LogP contribution in [0.4, 0.5) is 26.3 Å². The zero-order valence-electron chi connectivity index (χ0n) is 12.1. The molecule has 26 heavy (non-hydrogen) atoms. The summed E-state index contributed by atoms with van der Waals surface area (Å²) in [6.07, 6.45) is 0. The maximum Gasteiger partial charge on any atom is 0.180 e. The molecule has 2 rings (SSSR count). The number of halogens is 6. The summed E-state index contributed by atoms with van der Waals surface area (Å²) in [6, 6.07) is 3.91. The molecule has 0 aromatic heterocycles. The van der Waals surface area contributed by atoms with Crippen molar-refractivity contribution in [3.05, 3.63) is 57.2 Å². The number of benzene rings is 2. The van der Waals surface area contributed by atoms with Crippen molar-refractivity contribution in [2.45, 2.75) is 0 Å². The number of nitrogens with zero attached hydrogens (tertiary/aromatic N) is 4. The first-order chi connectivity index (χ1) is 12.3. The van der Waals surface area contributed by atoms with Crippen LogP contribution in [0.25, 0.3) is 11.1 Å². The van der Waals surface area contributed by atoms with Gasteiger partial charge in [-0.3, -0.25) is 0 Å². The van der Waals surface area contributed by atoms with Gasteiger partial charge in [-0.15, -0.1) is 0 Å². The lowest BCUT2D eigenvalue weighted by atomic mass is 9.92. The van der Waals surface area contributed by atoms with Gasteiger partial charge in [0.15, 0.2) is 34.9 Å². The largest absolute Gasteiger partial charge is 0.205 e. The van der Waals surface area contributed by atoms with Crippen LogP contribution < -0.4 is 0 Å². The van der Waals surface area contributed by atoms with Crippen molar-refractivity contribution < 1.29 is 26.3 Å². The third kappa shape index (κ3) is 2.30. The molecule has 0 fully saturated rings. The molecular weight excluding hydrogens is 362 g/mol. The van der Waals surface area contributed by atoms with Gasteiger partial charge in [0, 0.05) is 5.56 Å². The van der Waals surface area contributed by atoms with E-state index in [4.69, 9.17) is 21.0 Å². The van der Waals surface area contributed by atoms with Gasteiger partial charge >= 0.3 is 0 Å². The molecule has 0 saturated heterocycles. The quantitative estimate of drug-likeness (QED) is 0.571. The van der Waals surface area contributed by atoms with Crippen molar-refractivity contribution in [2.24, 2.45) is 0 Å². The minimum absolute atomic E-state index is 0.948. The van der Waals surface area contributed by atoms with Gasteiger partial charge in [-0.05, 0) is 0 Å². The van der Waals surface area contributed by atoms with Crippen molar-refractivity contribution in [3.8, 4) is 35.4 Å². The SMILES string of the molecule is N#Cc1c(F)c(F)c(-c2c(F)c(C#N)c(F)c(C#N)c2F)c(C#N)c1F. The monoisotopic (exact) mass is 362 g/mol. The fraction of sp³-hybridized carbons (Fsp3) is 0. The molecule has 2 aromatic rings. The molecule has 2 aromatic carbocycles. The Morgan fingerprint density at radius 1 is 0.385 bits per heavy atom. The molecule has 0 bridgehead atoms. The van der Waals surface area contributed by atoms with Crippen molar-refractivity contribution in [1.29, 1.82) is 21.0 Å². The lowest BCUT2D eigenvalue weighted by Crippen LogP contribution is -2.09. The fourth-order valence-corrected chi connectivity index (χ4v) is 2.18. The second kappa shape index (κ2) is 6.47. The van der Waals surface area contributed by atoms with Crippen LogP contribution in [0.1, 0.15) is 22.3 Å². The minimum Gasteiger partial charge on any atom is -0.205 e. The highest BCUT2D eigenvalue weighted by atomic mass is 19.2. The van der Waals surface area contributed by atoms with Crippen LogP contribution in [-0.4, -0.2) is 0 Å². The third-order valence-electron chi connectivity index (χ3n) is 3.33. The van der Waals surface area contributed by atoms with Crippen LogP contribution in [0.5, 0.6) is 0 Å². The van der Waals surface area contributed by atoms with Crippen LogP contribution in [0.3, 0.4) is 0 Å². The van der Waals surface area contributed by atoms with E-state index in [1.807, 2.05) is 0 Å². The average Bonchev–Trinajstić information content (AvgIpc) is 2.60. The Kier molecular flexibility index (Phi) is 4.56. The average molecular weight is 362 g/mol. The zero-order chi connectivity index (χ0) is 19.8.